The highest BCUT2D eigenvalue weighted by molar-refractivity contribution is 5.80. The topological polar surface area (TPSA) is 57.3 Å². The summed E-state index contributed by atoms with van der Waals surface area (Å²) in [5.41, 5.74) is 3.17. The normalized spacial score (nSPS) is 20.3. The van der Waals surface area contributed by atoms with Gasteiger partial charge in [0.2, 0.25) is 5.91 Å². The van der Waals surface area contributed by atoms with E-state index in [1.807, 2.05) is 19.1 Å². The molecule has 2 aromatic carbocycles. The molecule has 1 atom stereocenters. The maximum Gasteiger partial charge on any atom is 0.224 e. The Hall–Kier alpha value is -2.61. The Labute approximate surface area is 266 Å². The molecule has 1 amide bonds. The quantitative estimate of drug-likeness (QED) is 0.316. The molecule has 3 fully saturated rings. The van der Waals surface area contributed by atoms with Gasteiger partial charge in [-0.15, -0.1) is 0 Å². The molecule has 242 valence electrons. The molecule has 2 aromatic rings. The number of ether oxygens (including phenoxy) is 2. The van der Waals surface area contributed by atoms with Gasteiger partial charge in [0.15, 0.2) is 0 Å². The molecule has 2 aliphatic heterocycles. The Kier molecular flexibility index (Phi) is 12.4. The predicted molar refractivity (Wildman–Crippen MR) is 180 cm³/mol. The molecule has 0 bridgehead atoms. The maximum absolute atomic E-state index is 13.1. The van der Waals surface area contributed by atoms with Crippen LogP contribution in [0, 0.1) is 11.8 Å². The highest BCUT2D eigenvalue weighted by atomic mass is 16.5. The van der Waals surface area contributed by atoms with Crippen LogP contribution in [0.5, 0.6) is 11.5 Å². The Morgan fingerprint density at radius 1 is 0.864 bits per heavy atom. The molecule has 44 heavy (non-hydrogen) atoms. The van der Waals surface area contributed by atoms with Gasteiger partial charge in [0, 0.05) is 50.9 Å². The van der Waals surface area contributed by atoms with Crippen molar-refractivity contribution in [2.75, 3.05) is 72.6 Å². The number of nitrogens with zero attached hydrogens (tertiary/aromatic N) is 3. The summed E-state index contributed by atoms with van der Waals surface area (Å²) in [6.45, 7) is 14.9. The fourth-order valence-electron chi connectivity index (χ4n) is 7.11. The van der Waals surface area contributed by atoms with Crippen molar-refractivity contribution in [3.8, 4) is 22.6 Å². The first-order valence-electron chi connectivity index (χ1n) is 17.4. The zero-order chi connectivity index (χ0) is 30.7. The average molecular weight is 605 g/mol. The summed E-state index contributed by atoms with van der Waals surface area (Å²) in [6, 6.07) is 14.8. The molecule has 0 aromatic heterocycles. The van der Waals surface area contributed by atoms with Crippen LogP contribution >= 0.6 is 0 Å². The van der Waals surface area contributed by atoms with Gasteiger partial charge in [-0.05, 0) is 101 Å². The largest absolute Gasteiger partial charge is 0.494 e. The van der Waals surface area contributed by atoms with Crippen molar-refractivity contribution in [3.05, 3.63) is 48.0 Å². The standard InChI is InChI=1S/C37H56N4O3/c1-4-43-34-13-11-33(12-14-34)35-15-10-31(27-37(42)38-29(2)32-8-6-5-7-9-32)26-36(35)44-28-30-16-18-40(19-17-30)24-25-41-22-20-39(3)21-23-41/h10-15,26,29-30,32H,4-9,16-25,27-28H2,1-3H3,(H,38,42)/t29-/m1/s1. The number of hydrogen-bond acceptors (Lipinski definition) is 6. The summed E-state index contributed by atoms with van der Waals surface area (Å²) >= 11 is 0. The minimum atomic E-state index is 0.104. The summed E-state index contributed by atoms with van der Waals surface area (Å²) in [5.74, 6) is 3.00. The summed E-state index contributed by atoms with van der Waals surface area (Å²) in [7, 11) is 2.22. The molecule has 5 rings (SSSR count). The number of carbonyl (C=O) groups is 1. The number of rotatable bonds is 13. The first-order chi connectivity index (χ1) is 21.5. The molecule has 0 unspecified atom stereocenters. The lowest BCUT2D eigenvalue weighted by atomic mass is 9.84. The van der Waals surface area contributed by atoms with E-state index in [1.54, 1.807) is 0 Å². The van der Waals surface area contributed by atoms with Gasteiger partial charge in [-0.2, -0.15) is 0 Å². The van der Waals surface area contributed by atoms with Gasteiger partial charge in [-0.25, -0.2) is 0 Å². The van der Waals surface area contributed by atoms with Crippen LogP contribution < -0.4 is 14.8 Å². The summed E-state index contributed by atoms with van der Waals surface area (Å²) in [6.07, 6.45) is 9.07. The molecule has 1 N–H and O–H groups in total. The average Bonchev–Trinajstić information content (AvgIpc) is 3.05. The van der Waals surface area contributed by atoms with Crippen LogP contribution in [0.3, 0.4) is 0 Å². The third kappa shape index (κ3) is 9.69. The minimum absolute atomic E-state index is 0.104. The van der Waals surface area contributed by atoms with Crippen molar-refractivity contribution in [2.45, 2.75) is 71.3 Å². The lowest BCUT2D eigenvalue weighted by molar-refractivity contribution is -0.121. The van der Waals surface area contributed by atoms with Crippen LogP contribution in [0.4, 0.5) is 0 Å². The van der Waals surface area contributed by atoms with E-state index < -0.39 is 0 Å². The maximum atomic E-state index is 13.1. The summed E-state index contributed by atoms with van der Waals surface area (Å²) in [4.78, 5) is 20.7. The van der Waals surface area contributed by atoms with Crippen molar-refractivity contribution in [2.24, 2.45) is 11.8 Å². The number of piperidine rings is 1. The van der Waals surface area contributed by atoms with Gasteiger partial charge in [-0.1, -0.05) is 43.5 Å². The minimum Gasteiger partial charge on any atom is -0.494 e. The molecule has 0 spiro atoms. The molecule has 3 aliphatic rings. The van der Waals surface area contributed by atoms with Crippen molar-refractivity contribution in [3.63, 3.8) is 0 Å². The molecular weight excluding hydrogens is 548 g/mol. The van der Waals surface area contributed by atoms with Gasteiger partial charge >= 0.3 is 0 Å². The van der Waals surface area contributed by atoms with Gasteiger partial charge in [-0.3, -0.25) is 9.69 Å². The molecule has 2 heterocycles. The van der Waals surface area contributed by atoms with Crippen LogP contribution in [0.1, 0.15) is 64.4 Å². The zero-order valence-corrected chi connectivity index (χ0v) is 27.6. The van der Waals surface area contributed by atoms with Crippen LogP contribution in [0.15, 0.2) is 42.5 Å². The Bertz CT molecular complexity index is 1150. The van der Waals surface area contributed by atoms with E-state index in [2.05, 4.69) is 64.3 Å². The van der Waals surface area contributed by atoms with Crippen molar-refractivity contribution in [1.82, 2.24) is 20.0 Å². The second-order valence-electron chi connectivity index (χ2n) is 13.5. The molecule has 1 aliphatic carbocycles. The first kappa shape index (κ1) is 32.8. The number of hydrogen-bond donors (Lipinski definition) is 1. The van der Waals surface area contributed by atoms with Gasteiger partial charge in [0.25, 0.3) is 0 Å². The summed E-state index contributed by atoms with van der Waals surface area (Å²) in [5, 5.41) is 3.30. The fraction of sp³-hybridized carbons (Fsp3) is 0.649. The lowest BCUT2D eigenvalue weighted by Crippen LogP contribution is -2.47. The molecule has 7 heteroatoms. The van der Waals surface area contributed by atoms with Crippen molar-refractivity contribution in [1.29, 1.82) is 0 Å². The van der Waals surface area contributed by atoms with Crippen molar-refractivity contribution < 1.29 is 14.3 Å². The van der Waals surface area contributed by atoms with Gasteiger partial charge in [0.05, 0.1) is 19.6 Å². The number of piperazine rings is 1. The molecular formula is C37H56N4O3. The smallest absolute Gasteiger partial charge is 0.224 e. The second-order valence-corrected chi connectivity index (χ2v) is 13.5. The summed E-state index contributed by atoms with van der Waals surface area (Å²) < 4.78 is 12.3. The fourth-order valence-corrected chi connectivity index (χ4v) is 7.11. The highest BCUT2D eigenvalue weighted by Gasteiger charge is 2.23. The van der Waals surface area contributed by atoms with Gasteiger partial charge in [0.1, 0.15) is 11.5 Å². The molecule has 0 radical (unpaired) electrons. The third-order valence-corrected chi connectivity index (χ3v) is 10.1. The number of benzene rings is 2. The third-order valence-electron chi connectivity index (χ3n) is 10.1. The highest BCUT2D eigenvalue weighted by Crippen LogP contribution is 2.34. The van der Waals surface area contributed by atoms with E-state index in [4.69, 9.17) is 9.47 Å². The molecule has 7 nitrogen and oxygen atoms in total. The van der Waals surface area contributed by atoms with E-state index in [0.717, 1.165) is 41.3 Å². The Morgan fingerprint density at radius 2 is 1.55 bits per heavy atom. The number of amides is 1. The first-order valence-corrected chi connectivity index (χ1v) is 17.4. The number of likely N-dealkylation sites (tertiary alicyclic amines) is 1. The predicted octanol–water partition coefficient (Wildman–Crippen LogP) is 5.72. The molecule has 1 saturated carbocycles. The van der Waals surface area contributed by atoms with Crippen LogP contribution in [-0.4, -0.2) is 99.3 Å². The lowest BCUT2D eigenvalue weighted by Gasteiger charge is -2.36. The van der Waals surface area contributed by atoms with Crippen molar-refractivity contribution >= 4 is 5.91 Å². The number of likely N-dealkylation sites (N-methyl/N-ethyl adjacent to an activating group) is 1. The van der Waals surface area contributed by atoms with E-state index in [1.165, 1.54) is 84.2 Å². The van der Waals surface area contributed by atoms with Crippen LogP contribution in [-0.2, 0) is 11.2 Å². The zero-order valence-electron chi connectivity index (χ0n) is 27.6. The second kappa shape index (κ2) is 16.6. The van der Waals surface area contributed by atoms with Crippen LogP contribution in [0.25, 0.3) is 11.1 Å². The van der Waals surface area contributed by atoms with Gasteiger partial charge < -0.3 is 24.6 Å². The monoisotopic (exact) mass is 604 g/mol. The Balaban J connectivity index is 1.18. The number of nitrogens with one attached hydrogen (secondary N) is 1. The van der Waals surface area contributed by atoms with E-state index >= 15 is 0 Å². The van der Waals surface area contributed by atoms with E-state index in [9.17, 15) is 4.79 Å². The molecule has 2 saturated heterocycles. The SMILES string of the molecule is CCOc1ccc(-c2ccc(CC(=O)N[C@H](C)C3CCCCC3)cc2OCC2CCN(CCN3CCN(C)CC3)CC2)cc1. The number of carbonyl (C=O) groups excluding carboxylic acids is 1. The van der Waals surface area contributed by atoms with E-state index in [0.29, 0.717) is 31.5 Å². The van der Waals surface area contributed by atoms with Crippen LogP contribution in [0.2, 0.25) is 0 Å². The Morgan fingerprint density at radius 3 is 2.23 bits per heavy atom. The van der Waals surface area contributed by atoms with E-state index in [-0.39, 0.29) is 11.9 Å².